The van der Waals surface area contributed by atoms with Gasteiger partial charge in [0.2, 0.25) is 5.91 Å². The number of hydrogen-bond acceptors (Lipinski definition) is 6. The van der Waals surface area contributed by atoms with Crippen molar-refractivity contribution >= 4 is 23.4 Å². The molecule has 0 unspecified atom stereocenters. The quantitative estimate of drug-likeness (QED) is 0.574. The molecular weight excluding hydrogens is 374 g/mol. The predicted molar refractivity (Wildman–Crippen MR) is 111 cm³/mol. The molecule has 0 atom stereocenters. The van der Waals surface area contributed by atoms with Gasteiger partial charge < -0.3 is 14.8 Å². The summed E-state index contributed by atoms with van der Waals surface area (Å²) in [7, 11) is 1.60. The van der Waals surface area contributed by atoms with E-state index in [-0.39, 0.29) is 11.7 Å². The summed E-state index contributed by atoms with van der Waals surface area (Å²) in [4.78, 5) is 12.1. The van der Waals surface area contributed by atoms with Crippen LogP contribution in [0.25, 0.3) is 11.3 Å². The number of amides is 1. The first-order chi connectivity index (χ1) is 13.7. The van der Waals surface area contributed by atoms with Crippen LogP contribution in [-0.2, 0) is 4.79 Å². The Bertz CT molecular complexity index is 898. The summed E-state index contributed by atoms with van der Waals surface area (Å²) in [6.07, 6.45) is 0. The highest BCUT2D eigenvalue weighted by atomic mass is 32.2. The number of carbonyl (C=O) groups excluding carboxylic acids is 1. The van der Waals surface area contributed by atoms with Crippen LogP contribution in [0.1, 0.15) is 6.92 Å². The molecule has 0 aliphatic carbocycles. The lowest BCUT2D eigenvalue weighted by molar-refractivity contribution is -0.113. The number of ether oxygens (including phenoxy) is 2. The Morgan fingerprint density at radius 2 is 1.68 bits per heavy atom. The summed E-state index contributed by atoms with van der Waals surface area (Å²) in [5, 5.41) is 12.0. The van der Waals surface area contributed by atoms with Crippen LogP contribution in [0.4, 0.5) is 5.69 Å². The summed E-state index contributed by atoms with van der Waals surface area (Å²) in [6.45, 7) is 2.59. The first-order valence-electron chi connectivity index (χ1n) is 8.81. The zero-order chi connectivity index (χ0) is 19.8. The number of methoxy groups -OCH3 is 1. The van der Waals surface area contributed by atoms with E-state index in [1.165, 1.54) is 11.8 Å². The molecule has 0 aliphatic heterocycles. The Hall–Kier alpha value is -3.06. The molecule has 1 amide bonds. The number of carbonyl (C=O) groups is 1. The van der Waals surface area contributed by atoms with E-state index in [0.29, 0.717) is 11.6 Å². The SMILES string of the molecule is CCOc1ccc(-c2ccc(SCC(=O)Nc3ccc(OC)cc3)nn2)cc1. The Balaban J connectivity index is 1.52. The van der Waals surface area contributed by atoms with Crippen LogP contribution >= 0.6 is 11.8 Å². The molecule has 0 fully saturated rings. The van der Waals surface area contributed by atoms with Crippen LogP contribution in [0.15, 0.2) is 65.7 Å². The molecule has 1 heterocycles. The maximum Gasteiger partial charge on any atom is 0.234 e. The average molecular weight is 395 g/mol. The van der Waals surface area contributed by atoms with E-state index in [0.717, 1.165) is 28.4 Å². The maximum atomic E-state index is 12.1. The zero-order valence-corrected chi connectivity index (χ0v) is 16.5. The Labute approximate surface area is 168 Å². The monoisotopic (exact) mass is 395 g/mol. The molecule has 28 heavy (non-hydrogen) atoms. The predicted octanol–water partition coefficient (Wildman–Crippen LogP) is 4.28. The van der Waals surface area contributed by atoms with Crippen molar-refractivity contribution in [2.75, 3.05) is 24.8 Å². The maximum absolute atomic E-state index is 12.1. The second-order valence-electron chi connectivity index (χ2n) is 5.78. The number of anilines is 1. The van der Waals surface area contributed by atoms with Crippen molar-refractivity contribution < 1.29 is 14.3 Å². The van der Waals surface area contributed by atoms with Crippen molar-refractivity contribution in [1.29, 1.82) is 0 Å². The molecule has 3 rings (SSSR count). The van der Waals surface area contributed by atoms with Gasteiger partial charge in [0.25, 0.3) is 0 Å². The molecule has 3 aromatic rings. The lowest BCUT2D eigenvalue weighted by Crippen LogP contribution is -2.14. The third-order valence-electron chi connectivity index (χ3n) is 3.83. The Morgan fingerprint density at radius 1 is 0.964 bits per heavy atom. The Morgan fingerprint density at radius 3 is 2.29 bits per heavy atom. The fourth-order valence-electron chi connectivity index (χ4n) is 2.45. The van der Waals surface area contributed by atoms with Crippen LogP contribution in [-0.4, -0.2) is 35.6 Å². The highest BCUT2D eigenvalue weighted by Crippen LogP contribution is 2.22. The van der Waals surface area contributed by atoms with E-state index in [2.05, 4.69) is 15.5 Å². The highest BCUT2D eigenvalue weighted by Gasteiger charge is 2.07. The minimum Gasteiger partial charge on any atom is -0.497 e. The van der Waals surface area contributed by atoms with Gasteiger partial charge in [0.05, 0.1) is 25.2 Å². The van der Waals surface area contributed by atoms with Gasteiger partial charge in [-0.2, -0.15) is 0 Å². The van der Waals surface area contributed by atoms with Gasteiger partial charge in [0, 0.05) is 11.3 Å². The molecule has 0 aliphatic rings. The van der Waals surface area contributed by atoms with E-state index < -0.39 is 0 Å². The number of thioether (sulfide) groups is 1. The number of nitrogens with one attached hydrogen (secondary N) is 1. The van der Waals surface area contributed by atoms with Gasteiger partial charge in [0.1, 0.15) is 16.5 Å². The lowest BCUT2D eigenvalue weighted by Gasteiger charge is -2.06. The van der Waals surface area contributed by atoms with Crippen molar-refractivity contribution in [3.05, 3.63) is 60.7 Å². The number of nitrogens with zero attached hydrogens (tertiary/aromatic N) is 2. The number of hydrogen-bond donors (Lipinski definition) is 1. The normalized spacial score (nSPS) is 10.4. The molecule has 0 saturated heterocycles. The minimum atomic E-state index is -0.104. The second kappa shape index (κ2) is 9.75. The van der Waals surface area contributed by atoms with Crippen LogP contribution in [0.2, 0.25) is 0 Å². The zero-order valence-electron chi connectivity index (χ0n) is 15.7. The number of aromatic nitrogens is 2. The number of benzene rings is 2. The molecule has 7 heteroatoms. The molecule has 2 aromatic carbocycles. The largest absolute Gasteiger partial charge is 0.497 e. The molecule has 144 valence electrons. The average Bonchev–Trinajstić information content (AvgIpc) is 2.74. The van der Waals surface area contributed by atoms with Crippen LogP contribution in [0.3, 0.4) is 0 Å². The summed E-state index contributed by atoms with van der Waals surface area (Å²) in [5.74, 6) is 1.72. The second-order valence-corrected chi connectivity index (χ2v) is 6.78. The van der Waals surface area contributed by atoms with Crippen molar-refractivity contribution in [2.45, 2.75) is 11.9 Å². The van der Waals surface area contributed by atoms with E-state index in [1.807, 2.05) is 43.3 Å². The summed E-state index contributed by atoms with van der Waals surface area (Å²) >= 11 is 1.34. The highest BCUT2D eigenvalue weighted by molar-refractivity contribution is 7.99. The van der Waals surface area contributed by atoms with Crippen molar-refractivity contribution in [3.8, 4) is 22.8 Å². The Kier molecular flexibility index (Phi) is 6.86. The van der Waals surface area contributed by atoms with Crippen molar-refractivity contribution in [2.24, 2.45) is 0 Å². The third kappa shape index (κ3) is 5.47. The first kappa shape index (κ1) is 19.7. The molecular formula is C21H21N3O3S. The van der Waals surface area contributed by atoms with Gasteiger partial charge in [-0.05, 0) is 67.6 Å². The molecule has 0 spiro atoms. The summed E-state index contributed by atoms with van der Waals surface area (Å²) in [5.41, 5.74) is 2.46. The summed E-state index contributed by atoms with van der Waals surface area (Å²) < 4.78 is 10.5. The summed E-state index contributed by atoms with van der Waals surface area (Å²) in [6, 6.07) is 18.7. The van der Waals surface area contributed by atoms with Gasteiger partial charge in [-0.3, -0.25) is 4.79 Å². The molecule has 0 radical (unpaired) electrons. The minimum absolute atomic E-state index is 0.104. The van der Waals surface area contributed by atoms with Crippen LogP contribution < -0.4 is 14.8 Å². The standard InChI is InChI=1S/C21H21N3O3S/c1-3-27-18-8-4-15(5-9-18)19-12-13-21(24-23-19)28-14-20(25)22-16-6-10-17(26-2)11-7-16/h4-13H,3,14H2,1-2H3,(H,22,25). The lowest BCUT2D eigenvalue weighted by atomic mass is 10.1. The topological polar surface area (TPSA) is 73.3 Å². The van der Waals surface area contributed by atoms with E-state index in [1.54, 1.807) is 31.4 Å². The molecule has 1 N–H and O–H groups in total. The van der Waals surface area contributed by atoms with E-state index in [4.69, 9.17) is 9.47 Å². The smallest absolute Gasteiger partial charge is 0.234 e. The van der Waals surface area contributed by atoms with Crippen molar-refractivity contribution in [3.63, 3.8) is 0 Å². The van der Waals surface area contributed by atoms with Crippen molar-refractivity contribution in [1.82, 2.24) is 10.2 Å². The molecule has 0 saturated carbocycles. The van der Waals surface area contributed by atoms with E-state index in [9.17, 15) is 4.79 Å². The molecule has 6 nitrogen and oxygen atoms in total. The third-order valence-corrected chi connectivity index (χ3v) is 4.75. The molecule has 1 aromatic heterocycles. The van der Waals surface area contributed by atoms with Crippen LogP contribution in [0, 0.1) is 0 Å². The van der Waals surface area contributed by atoms with Gasteiger partial charge in [-0.25, -0.2) is 0 Å². The van der Waals surface area contributed by atoms with Gasteiger partial charge in [0.15, 0.2) is 0 Å². The first-order valence-corrected chi connectivity index (χ1v) is 9.80. The van der Waals surface area contributed by atoms with Crippen LogP contribution in [0.5, 0.6) is 11.5 Å². The van der Waals surface area contributed by atoms with Gasteiger partial charge >= 0.3 is 0 Å². The van der Waals surface area contributed by atoms with Gasteiger partial charge in [-0.1, -0.05) is 11.8 Å². The fourth-order valence-corrected chi connectivity index (χ4v) is 3.06. The number of rotatable bonds is 8. The molecule has 0 bridgehead atoms. The fraction of sp³-hybridized carbons (Fsp3) is 0.190. The van der Waals surface area contributed by atoms with E-state index >= 15 is 0 Å². The van der Waals surface area contributed by atoms with Gasteiger partial charge in [-0.15, -0.1) is 10.2 Å².